The minimum absolute atomic E-state index is 0.136. The fourth-order valence-electron chi connectivity index (χ4n) is 3.50. The van der Waals surface area contributed by atoms with Gasteiger partial charge in [0.25, 0.3) is 5.91 Å². The molecule has 8 heteroatoms. The Balaban J connectivity index is 1.44. The van der Waals surface area contributed by atoms with Crippen molar-refractivity contribution in [1.82, 2.24) is 10.2 Å². The van der Waals surface area contributed by atoms with Crippen LogP contribution in [0.4, 0.5) is 4.79 Å². The van der Waals surface area contributed by atoms with Crippen molar-refractivity contribution >= 4 is 11.9 Å². The zero-order valence-corrected chi connectivity index (χ0v) is 17.0. The van der Waals surface area contributed by atoms with Crippen LogP contribution in [0, 0.1) is 0 Å². The molecule has 8 nitrogen and oxygen atoms in total. The van der Waals surface area contributed by atoms with E-state index in [1.54, 1.807) is 56.5 Å². The maximum atomic E-state index is 13.1. The molecule has 2 aromatic carbocycles. The van der Waals surface area contributed by atoms with Crippen LogP contribution in [0.5, 0.6) is 23.0 Å². The zero-order valence-electron chi connectivity index (χ0n) is 17.0. The van der Waals surface area contributed by atoms with Crippen LogP contribution in [0.1, 0.15) is 18.9 Å². The van der Waals surface area contributed by atoms with Crippen LogP contribution in [0.15, 0.2) is 42.5 Å². The van der Waals surface area contributed by atoms with Gasteiger partial charge < -0.3 is 24.3 Å². The van der Waals surface area contributed by atoms with Crippen molar-refractivity contribution in [2.45, 2.75) is 18.9 Å². The van der Waals surface area contributed by atoms with Crippen LogP contribution in [0.2, 0.25) is 0 Å². The summed E-state index contributed by atoms with van der Waals surface area (Å²) in [7, 11) is 1.59. The van der Waals surface area contributed by atoms with Crippen LogP contribution in [-0.4, -0.2) is 50.3 Å². The van der Waals surface area contributed by atoms with Gasteiger partial charge in [-0.3, -0.25) is 9.69 Å². The smallest absolute Gasteiger partial charge is 0.325 e. The minimum atomic E-state index is -1.18. The topological polar surface area (TPSA) is 86.3 Å². The lowest BCUT2D eigenvalue weighted by Crippen LogP contribution is -2.41. The number of amides is 3. The van der Waals surface area contributed by atoms with E-state index in [1.807, 2.05) is 0 Å². The number of carbonyl (C=O) groups is 2. The first kappa shape index (κ1) is 19.9. The first-order chi connectivity index (χ1) is 14.5. The highest BCUT2D eigenvalue weighted by molar-refractivity contribution is 6.07. The van der Waals surface area contributed by atoms with Crippen molar-refractivity contribution in [2.24, 2.45) is 0 Å². The average molecular weight is 412 g/mol. The van der Waals surface area contributed by atoms with Gasteiger partial charge in [-0.05, 0) is 48.9 Å². The summed E-state index contributed by atoms with van der Waals surface area (Å²) in [4.78, 5) is 26.8. The van der Waals surface area contributed by atoms with Crippen molar-refractivity contribution in [3.05, 3.63) is 48.0 Å². The predicted octanol–water partition coefficient (Wildman–Crippen LogP) is 2.70. The van der Waals surface area contributed by atoms with E-state index in [0.717, 1.165) is 12.2 Å². The number of carbonyl (C=O) groups excluding carboxylic acids is 2. The highest BCUT2D eigenvalue weighted by Gasteiger charge is 2.49. The van der Waals surface area contributed by atoms with E-state index < -0.39 is 11.6 Å². The molecule has 2 aromatic rings. The number of nitrogens with zero attached hydrogens (tertiary/aromatic N) is 1. The van der Waals surface area contributed by atoms with Gasteiger partial charge >= 0.3 is 6.03 Å². The molecule has 1 fully saturated rings. The quantitative estimate of drug-likeness (QED) is 0.735. The Morgan fingerprint density at radius 3 is 2.47 bits per heavy atom. The van der Waals surface area contributed by atoms with Gasteiger partial charge in [0.15, 0.2) is 11.5 Å². The zero-order chi connectivity index (χ0) is 21.1. The minimum Gasteiger partial charge on any atom is -0.497 e. The number of urea groups is 1. The predicted molar refractivity (Wildman–Crippen MR) is 108 cm³/mol. The lowest BCUT2D eigenvalue weighted by Gasteiger charge is -2.23. The molecule has 1 atom stereocenters. The number of rotatable bonds is 6. The molecule has 2 aliphatic rings. The van der Waals surface area contributed by atoms with Gasteiger partial charge in [-0.2, -0.15) is 0 Å². The largest absolute Gasteiger partial charge is 0.497 e. The Morgan fingerprint density at radius 2 is 1.73 bits per heavy atom. The third-order valence-electron chi connectivity index (χ3n) is 5.24. The van der Waals surface area contributed by atoms with E-state index in [9.17, 15) is 9.59 Å². The summed E-state index contributed by atoms with van der Waals surface area (Å²) in [6.07, 6.45) is 0.791. The fourth-order valence-corrected chi connectivity index (χ4v) is 3.50. The molecule has 0 bridgehead atoms. The molecule has 2 heterocycles. The first-order valence-electron chi connectivity index (χ1n) is 9.82. The van der Waals surface area contributed by atoms with Gasteiger partial charge in [0.1, 0.15) is 23.6 Å². The Hall–Kier alpha value is -3.42. The summed E-state index contributed by atoms with van der Waals surface area (Å²) in [6, 6.07) is 12.0. The number of hydrogen-bond donors (Lipinski definition) is 1. The van der Waals surface area contributed by atoms with Crippen LogP contribution in [-0.2, 0) is 10.3 Å². The average Bonchev–Trinajstić information content (AvgIpc) is 2.92. The lowest BCUT2D eigenvalue weighted by atomic mass is 9.91. The molecule has 2 aliphatic heterocycles. The lowest BCUT2D eigenvalue weighted by molar-refractivity contribution is -0.131. The van der Waals surface area contributed by atoms with Crippen molar-refractivity contribution < 1.29 is 28.5 Å². The summed E-state index contributed by atoms with van der Waals surface area (Å²) in [5.41, 5.74) is -0.536. The number of methoxy groups -OCH3 is 1. The third kappa shape index (κ3) is 3.72. The van der Waals surface area contributed by atoms with Gasteiger partial charge in [0, 0.05) is 6.42 Å². The summed E-state index contributed by atoms with van der Waals surface area (Å²) < 4.78 is 22.1. The van der Waals surface area contributed by atoms with E-state index in [4.69, 9.17) is 18.9 Å². The van der Waals surface area contributed by atoms with Gasteiger partial charge in [0.05, 0.1) is 26.9 Å². The monoisotopic (exact) mass is 412 g/mol. The standard InChI is InChI=1S/C22H24N2O6/c1-22(15-4-9-18-19(14-15)30-12-3-11-29-18)20(25)24(21(26)23-22)10-13-28-17-7-5-16(27-2)6-8-17/h4-9,14H,3,10-13H2,1-2H3,(H,23,26)/t22-/m1/s1. The Bertz CT molecular complexity index is 945. The maximum Gasteiger partial charge on any atom is 0.325 e. The highest BCUT2D eigenvalue weighted by Crippen LogP contribution is 2.36. The normalized spacial score (nSPS) is 20.5. The van der Waals surface area contributed by atoms with E-state index in [1.165, 1.54) is 4.90 Å². The molecule has 0 unspecified atom stereocenters. The Labute approximate surface area is 174 Å². The van der Waals surface area contributed by atoms with E-state index in [2.05, 4.69) is 5.32 Å². The van der Waals surface area contributed by atoms with Crippen molar-refractivity contribution in [3.63, 3.8) is 0 Å². The molecular weight excluding hydrogens is 388 g/mol. The van der Waals surface area contributed by atoms with E-state index in [0.29, 0.717) is 36.0 Å². The van der Waals surface area contributed by atoms with Crippen molar-refractivity contribution in [1.29, 1.82) is 0 Å². The molecule has 0 spiro atoms. The Morgan fingerprint density at radius 1 is 1.03 bits per heavy atom. The summed E-state index contributed by atoms with van der Waals surface area (Å²) in [6.45, 7) is 3.14. The third-order valence-corrected chi connectivity index (χ3v) is 5.24. The molecular formula is C22H24N2O6. The molecule has 0 radical (unpaired) electrons. The molecule has 30 heavy (non-hydrogen) atoms. The SMILES string of the molecule is COc1ccc(OCCN2C(=O)N[C@](C)(c3ccc4c(c3)OCCCO4)C2=O)cc1. The van der Waals surface area contributed by atoms with Crippen molar-refractivity contribution in [2.75, 3.05) is 33.5 Å². The number of benzene rings is 2. The van der Waals surface area contributed by atoms with Gasteiger partial charge in [-0.1, -0.05) is 6.07 Å². The first-order valence-corrected chi connectivity index (χ1v) is 9.82. The van der Waals surface area contributed by atoms with Gasteiger partial charge in [-0.15, -0.1) is 0 Å². The molecule has 158 valence electrons. The van der Waals surface area contributed by atoms with E-state index >= 15 is 0 Å². The molecule has 3 amide bonds. The number of nitrogens with one attached hydrogen (secondary N) is 1. The number of fused-ring (bicyclic) bond motifs is 1. The summed E-state index contributed by atoms with van der Waals surface area (Å²) >= 11 is 0. The second kappa shape index (κ2) is 8.14. The second-order valence-corrected chi connectivity index (χ2v) is 7.25. The molecule has 4 rings (SSSR count). The van der Waals surface area contributed by atoms with E-state index in [-0.39, 0.29) is 19.1 Å². The van der Waals surface area contributed by atoms with Crippen LogP contribution < -0.4 is 24.3 Å². The molecule has 0 aliphatic carbocycles. The number of hydrogen-bond acceptors (Lipinski definition) is 6. The maximum absolute atomic E-state index is 13.1. The molecule has 0 saturated carbocycles. The molecule has 0 aromatic heterocycles. The highest BCUT2D eigenvalue weighted by atomic mass is 16.5. The van der Waals surface area contributed by atoms with Crippen LogP contribution >= 0.6 is 0 Å². The Kier molecular flexibility index (Phi) is 5.39. The second-order valence-electron chi connectivity index (χ2n) is 7.25. The number of ether oxygens (including phenoxy) is 4. The van der Waals surface area contributed by atoms with Gasteiger partial charge in [0.2, 0.25) is 0 Å². The van der Waals surface area contributed by atoms with Crippen LogP contribution in [0.25, 0.3) is 0 Å². The van der Waals surface area contributed by atoms with Gasteiger partial charge in [-0.25, -0.2) is 4.79 Å². The fraction of sp³-hybridized carbons (Fsp3) is 0.364. The molecule has 1 saturated heterocycles. The summed E-state index contributed by atoms with van der Waals surface area (Å²) in [5, 5.41) is 2.80. The van der Waals surface area contributed by atoms with Crippen molar-refractivity contribution in [3.8, 4) is 23.0 Å². The number of imide groups is 1. The molecule has 1 N–H and O–H groups in total. The van der Waals surface area contributed by atoms with Crippen LogP contribution in [0.3, 0.4) is 0 Å². The summed E-state index contributed by atoms with van der Waals surface area (Å²) in [5.74, 6) is 2.24.